The quantitative estimate of drug-likeness (QED) is 0.472. The van der Waals surface area contributed by atoms with Gasteiger partial charge in [-0.3, -0.25) is 9.59 Å². The molecule has 8 heteroatoms. The molecular formula is C20H31N3O4S. The molecule has 7 nitrogen and oxygen atoms in total. The highest BCUT2D eigenvalue weighted by molar-refractivity contribution is 7.98. The maximum atomic E-state index is 12.9. The predicted octanol–water partition coefficient (Wildman–Crippen LogP) is 1.11. The van der Waals surface area contributed by atoms with Crippen LogP contribution in [0.25, 0.3) is 0 Å². The van der Waals surface area contributed by atoms with Crippen LogP contribution in [0.5, 0.6) is 0 Å². The zero-order valence-electron chi connectivity index (χ0n) is 16.9. The first kappa shape index (κ1) is 24.0. The van der Waals surface area contributed by atoms with Gasteiger partial charge in [-0.1, -0.05) is 44.2 Å². The van der Waals surface area contributed by atoms with E-state index in [1.54, 1.807) is 11.8 Å². The molecule has 28 heavy (non-hydrogen) atoms. The van der Waals surface area contributed by atoms with Crippen LogP contribution in [-0.2, 0) is 25.5 Å². The SMILES string of the molecule is COC(=O)[C@H](CCSC)NC(=O)[C@H](Cc1ccccc1)NC(=O)[C@@H](N)C(C)C. The lowest BCUT2D eigenvalue weighted by molar-refractivity contribution is -0.145. The number of esters is 1. The highest BCUT2D eigenvalue weighted by Crippen LogP contribution is 2.08. The van der Waals surface area contributed by atoms with Gasteiger partial charge in [-0.25, -0.2) is 4.79 Å². The first-order valence-electron chi connectivity index (χ1n) is 9.27. The van der Waals surface area contributed by atoms with Crippen molar-refractivity contribution in [3.63, 3.8) is 0 Å². The fourth-order valence-corrected chi connectivity index (χ4v) is 3.00. The van der Waals surface area contributed by atoms with E-state index < -0.39 is 35.9 Å². The number of carbonyl (C=O) groups is 3. The lowest BCUT2D eigenvalue weighted by Gasteiger charge is -2.24. The minimum Gasteiger partial charge on any atom is -0.467 e. The Morgan fingerprint density at radius 2 is 1.68 bits per heavy atom. The normalized spacial score (nSPS) is 14.1. The number of rotatable bonds is 11. The average molecular weight is 410 g/mol. The molecule has 0 aliphatic carbocycles. The minimum absolute atomic E-state index is 0.0650. The van der Waals surface area contributed by atoms with Crippen LogP contribution in [0.2, 0.25) is 0 Å². The number of benzene rings is 1. The number of hydrogen-bond donors (Lipinski definition) is 3. The van der Waals surface area contributed by atoms with Gasteiger partial charge >= 0.3 is 5.97 Å². The van der Waals surface area contributed by atoms with E-state index >= 15 is 0 Å². The molecule has 1 aromatic rings. The highest BCUT2D eigenvalue weighted by Gasteiger charge is 2.29. The molecule has 0 aliphatic rings. The van der Waals surface area contributed by atoms with Gasteiger partial charge in [0.15, 0.2) is 0 Å². The second-order valence-electron chi connectivity index (χ2n) is 6.89. The Kier molecular flexibility index (Phi) is 10.6. The summed E-state index contributed by atoms with van der Waals surface area (Å²) in [4.78, 5) is 37.3. The van der Waals surface area contributed by atoms with E-state index in [4.69, 9.17) is 10.5 Å². The van der Waals surface area contributed by atoms with E-state index in [0.717, 1.165) is 5.56 Å². The molecule has 0 aliphatic heterocycles. The number of carbonyl (C=O) groups excluding carboxylic acids is 3. The van der Waals surface area contributed by atoms with Gasteiger partial charge in [0.2, 0.25) is 11.8 Å². The number of methoxy groups -OCH3 is 1. The van der Waals surface area contributed by atoms with Crippen LogP contribution in [-0.4, -0.2) is 55.0 Å². The van der Waals surface area contributed by atoms with Crippen molar-refractivity contribution >= 4 is 29.5 Å². The summed E-state index contributed by atoms with van der Waals surface area (Å²) >= 11 is 1.57. The van der Waals surface area contributed by atoms with Crippen molar-refractivity contribution < 1.29 is 19.1 Å². The third-order valence-electron chi connectivity index (χ3n) is 4.35. The van der Waals surface area contributed by atoms with Gasteiger partial charge in [0.1, 0.15) is 12.1 Å². The highest BCUT2D eigenvalue weighted by atomic mass is 32.2. The van der Waals surface area contributed by atoms with Gasteiger partial charge in [-0.2, -0.15) is 11.8 Å². The summed E-state index contributed by atoms with van der Waals surface area (Å²) < 4.78 is 4.79. The van der Waals surface area contributed by atoms with Crippen LogP contribution < -0.4 is 16.4 Å². The molecule has 0 heterocycles. The average Bonchev–Trinajstić information content (AvgIpc) is 2.69. The summed E-state index contributed by atoms with van der Waals surface area (Å²) in [6.45, 7) is 3.68. The molecule has 0 saturated heterocycles. The van der Waals surface area contributed by atoms with Crippen molar-refractivity contribution in [3.8, 4) is 0 Å². The van der Waals surface area contributed by atoms with Gasteiger partial charge in [-0.05, 0) is 29.9 Å². The molecule has 0 aromatic heterocycles. The van der Waals surface area contributed by atoms with Crippen molar-refractivity contribution in [2.45, 2.75) is 44.8 Å². The molecule has 3 atom stereocenters. The second-order valence-corrected chi connectivity index (χ2v) is 7.87. The number of thioether (sulfide) groups is 1. The van der Waals surface area contributed by atoms with Crippen LogP contribution in [0.4, 0.5) is 0 Å². The maximum Gasteiger partial charge on any atom is 0.328 e. The lowest BCUT2D eigenvalue weighted by Crippen LogP contribution is -2.56. The Hall–Kier alpha value is -2.06. The van der Waals surface area contributed by atoms with E-state index in [-0.39, 0.29) is 5.92 Å². The molecule has 0 fully saturated rings. The van der Waals surface area contributed by atoms with Crippen LogP contribution in [0.3, 0.4) is 0 Å². The summed E-state index contributed by atoms with van der Waals surface area (Å²) in [6.07, 6.45) is 2.65. The number of ether oxygens (including phenoxy) is 1. The summed E-state index contributed by atoms with van der Waals surface area (Å²) in [6, 6.07) is 7.02. The Balaban J connectivity index is 2.95. The first-order chi connectivity index (χ1) is 13.3. The number of nitrogens with one attached hydrogen (secondary N) is 2. The fourth-order valence-electron chi connectivity index (χ4n) is 2.53. The Bertz CT molecular complexity index is 640. The predicted molar refractivity (Wildman–Crippen MR) is 112 cm³/mol. The van der Waals surface area contributed by atoms with E-state index in [0.29, 0.717) is 18.6 Å². The van der Waals surface area contributed by atoms with Crippen molar-refractivity contribution in [2.24, 2.45) is 11.7 Å². The van der Waals surface area contributed by atoms with E-state index in [2.05, 4.69) is 10.6 Å². The zero-order valence-corrected chi connectivity index (χ0v) is 17.8. The molecule has 0 spiro atoms. The lowest BCUT2D eigenvalue weighted by atomic mass is 10.0. The Morgan fingerprint density at radius 1 is 1.07 bits per heavy atom. The number of nitrogens with two attached hydrogens (primary N) is 1. The summed E-state index contributed by atoms with van der Waals surface area (Å²) in [5.74, 6) is -0.723. The van der Waals surface area contributed by atoms with Gasteiger partial charge in [0, 0.05) is 6.42 Å². The standard InChI is InChI=1S/C20H31N3O4S/c1-13(2)17(21)19(25)23-16(12-14-8-6-5-7-9-14)18(24)22-15(10-11-28-4)20(26)27-3/h5-9,13,15-17H,10-12,21H2,1-4H3,(H,22,24)(H,23,25)/t15-,16-,17-/m0/s1. The fraction of sp³-hybridized carbons (Fsp3) is 0.550. The van der Waals surface area contributed by atoms with Crippen molar-refractivity contribution in [2.75, 3.05) is 19.1 Å². The molecule has 0 bridgehead atoms. The largest absolute Gasteiger partial charge is 0.467 e. The molecule has 0 unspecified atom stereocenters. The third-order valence-corrected chi connectivity index (χ3v) is 4.99. The molecule has 4 N–H and O–H groups in total. The van der Waals surface area contributed by atoms with Crippen LogP contribution in [0.15, 0.2) is 30.3 Å². The number of amides is 2. The molecule has 1 aromatic carbocycles. The molecule has 0 saturated carbocycles. The topological polar surface area (TPSA) is 111 Å². The zero-order chi connectivity index (χ0) is 21.1. The van der Waals surface area contributed by atoms with E-state index in [1.807, 2.05) is 50.4 Å². The summed E-state index contributed by atoms with van der Waals surface area (Å²) in [7, 11) is 1.28. The van der Waals surface area contributed by atoms with Crippen LogP contribution >= 0.6 is 11.8 Å². The summed E-state index contributed by atoms with van der Waals surface area (Å²) in [5, 5.41) is 5.45. The smallest absolute Gasteiger partial charge is 0.328 e. The molecule has 2 amide bonds. The first-order valence-corrected chi connectivity index (χ1v) is 10.7. The van der Waals surface area contributed by atoms with Gasteiger partial charge in [0.25, 0.3) is 0 Å². The van der Waals surface area contributed by atoms with Crippen molar-refractivity contribution in [3.05, 3.63) is 35.9 Å². The monoisotopic (exact) mass is 409 g/mol. The third kappa shape index (κ3) is 7.90. The maximum absolute atomic E-state index is 12.9. The Morgan fingerprint density at radius 3 is 2.21 bits per heavy atom. The van der Waals surface area contributed by atoms with E-state index in [1.165, 1.54) is 7.11 Å². The van der Waals surface area contributed by atoms with Crippen molar-refractivity contribution in [1.82, 2.24) is 10.6 Å². The molecular weight excluding hydrogens is 378 g/mol. The minimum atomic E-state index is -0.846. The molecule has 156 valence electrons. The van der Waals surface area contributed by atoms with Gasteiger partial charge in [-0.15, -0.1) is 0 Å². The van der Waals surface area contributed by atoms with E-state index in [9.17, 15) is 14.4 Å². The van der Waals surface area contributed by atoms with Gasteiger partial charge < -0.3 is 21.1 Å². The molecule has 0 radical (unpaired) electrons. The van der Waals surface area contributed by atoms with Crippen LogP contribution in [0.1, 0.15) is 25.8 Å². The second kappa shape index (κ2) is 12.4. The van der Waals surface area contributed by atoms with Crippen molar-refractivity contribution in [1.29, 1.82) is 0 Å². The van der Waals surface area contributed by atoms with Crippen LogP contribution in [0, 0.1) is 5.92 Å². The van der Waals surface area contributed by atoms with Gasteiger partial charge in [0.05, 0.1) is 13.2 Å². The molecule has 1 rings (SSSR count). The number of hydrogen-bond acceptors (Lipinski definition) is 6. The summed E-state index contributed by atoms with van der Waals surface area (Å²) in [5.41, 5.74) is 6.81. The Labute approximate surface area is 171 Å².